The molecule has 0 N–H and O–H groups in total. The summed E-state index contributed by atoms with van der Waals surface area (Å²) in [5, 5.41) is 13.8. The lowest BCUT2D eigenvalue weighted by Gasteiger charge is -2.24. The number of carbonyl (C=O) groups excluding carboxylic acids is 1. The van der Waals surface area contributed by atoms with Gasteiger partial charge >= 0.3 is 0 Å². The lowest BCUT2D eigenvalue weighted by Crippen LogP contribution is -2.37. The summed E-state index contributed by atoms with van der Waals surface area (Å²) < 4.78 is 3.64. The molecule has 1 rings (SSSR count). The third kappa shape index (κ3) is 2.99. The molecule has 0 spiro atoms. The third-order valence-corrected chi connectivity index (χ3v) is 2.43. The second-order valence-electron chi connectivity index (χ2n) is 3.29. The van der Waals surface area contributed by atoms with Crippen LogP contribution in [0.25, 0.3) is 0 Å². The maximum Gasteiger partial charge on any atom is 0.275 e. The van der Waals surface area contributed by atoms with Crippen LogP contribution in [0.15, 0.2) is 5.38 Å². The molecule has 0 bridgehead atoms. The van der Waals surface area contributed by atoms with Crippen LogP contribution in [-0.4, -0.2) is 33.0 Å². The van der Waals surface area contributed by atoms with Crippen LogP contribution in [0.5, 0.6) is 0 Å². The molecule has 5 nitrogen and oxygen atoms in total. The van der Waals surface area contributed by atoms with Gasteiger partial charge in [0.05, 0.1) is 12.5 Å². The van der Waals surface area contributed by atoms with Crippen molar-refractivity contribution in [2.75, 3.05) is 6.54 Å². The minimum Gasteiger partial charge on any atom is -0.334 e. The van der Waals surface area contributed by atoms with E-state index in [0.29, 0.717) is 18.7 Å². The zero-order valence-corrected chi connectivity index (χ0v) is 9.49. The Morgan fingerprint density at radius 1 is 1.73 bits per heavy atom. The van der Waals surface area contributed by atoms with Gasteiger partial charge < -0.3 is 4.90 Å². The quantitative estimate of drug-likeness (QED) is 0.773. The van der Waals surface area contributed by atoms with Gasteiger partial charge in [-0.3, -0.25) is 4.79 Å². The van der Waals surface area contributed by atoms with E-state index in [1.165, 1.54) is 0 Å². The maximum absolute atomic E-state index is 11.9. The number of nitrogens with zero attached hydrogens (tertiary/aromatic N) is 4. The number of rotatable bonds is 4. The fraction of sp³-hybridized carbons (Fsp3) is 0.556. The first-order valence-corrected chi connectivity index (χ1v) is 5.45. The van der Waals surface area contributed by atoms with Crippen molar-refractivity contribution in [3.8, 4) is 6.07 Å². The van der Waals surface area contributed by atoms with Crippen molar-refractivity contribution in [3.05, 3.63) is 11.1 Å². The molecular weight excluding hydrogens is 212 g/mol. The van der Waals surface area contributed by atoms with E-state index in [1.54, 1.807) is 10.3 Å². The largest absolute Gasteiger partial charge is 0.334 e. The summed E-state index contributed by atoms with van der Waals surface area (Å²) in [5.74, 6) is -0.158. The summed E-state index contributed by atoms with van der Waals surface area (Å²) in [5.41, 5.74) is 0.353. The number of nitriles is 1. The monoisotopic (exact) mass is 224 g/mol. The van der Waals surface area contributed by atoms with Gasteiger partial charge in [0.2, 0.25) is 0 Å². The summed E-state index contributed by atoms with van der Waals surface area (Å²) in [4.78, 5) is 13.5. The van der Waals surface area contributed by atoms with Gasteiger partial charge in [-0.2, -0.15) is 5.26 Å². The highest BCUT2D eigenvalue weighted by Crippen LogP contribution is 2.07. The topological polar surface area (TPSA) is 69.9 Å². The van der Waals surface area contributed by atoms with Gasteiger partial charge in [0.15, 0.2) is 5.69 Å². The van der Waals surface area contributed by atoms with Crippen LogP contribution in [0.1, 0.15) is 30.8 Å². The summed E-state index contributed by atoms with van der Waals surface area (Å²) >= 11 is 1.15. The number of carbonyl (C=O) groups is 1. The van der Waals surface area contributed by atoms with Crippen LogP contribution in [0.2, 0.25) is 0 Å². The summed E-state index contributed by atoms with van der Waals surface area (Å²) in [7, 11) is 0. The Kier molecular flexibility index (Phi) is 4.18. The van der Waals surface area contributed by atoms with Crippen LogP contribution in [-0.2, 0) is 0 Å². The van der Waals surface area contributed by atoms with E-state index >= 15 is 0 Å². The van der Waals surface area contributed by atoms with Crippen LogP contribution in [0.3, 0.4) is 0 Å². The minimum atomic E-state index is -0.158. The van der Waals surface area contributed by atoms with E-state index in [4.69, 9.17) is 5.26 Å². The van der Waals surface area contributed by atoms with Gasteiger partial charge in [-0.15, -0.1) is 5.10 Å². The molecule has 80 valence electrons. The van der Waals surface area contributed by atoms with Crippen molar-refractivity contribution in [1.29, 1.82) is 5.26 Å². The smallest absolute Gasteiger partial charge is 0.275 e. The van der Waals surface area contributed by atoms with Crippen LogP contribution in [0, 0.1) is 11.3 Å². The highest BCUT2D eigenvalue weighted by molar-refractivity contribution is 7.03. The molecule has 1 heterocycles. The van der Waals surface area contributed by atoms with Crippen LogP contribution >= 0.6 is 11.5 Å². The first-order valence-electron chi connectivity index (χ1n) is 4.61. The Labute approximate surface area is 92.5 Å². The van der Waals surface area contributed by atoms with E-state index in [-0.39, 0.29) is 11.9 Å². The molecule has 0 unspecified atom stereocenters. The zero-order valence-electron chi connectivity index (χ0n) is 8.67. The van der Waals surface area contributed by atoms with Gasteiger partial charge in [0.25, 0.3) is 5.91 Å². The molecular formula is C9H12N4OS. The Morgan fingerprint density at radius 3 is 2.93 bits per heavy atom. The van der Waals surface area contributed by atoms with E-state index < -0.39 is 0 Å². The van der Waals surface area contributed by atoms with Crippen molar-refractivity contribution in [2.24, 2.45) is 0 Å². The van der Waals surface area contributed by atoms with E-state index in [0.717, 1.165) is 11.5 Å². The van der Waals surface area contributed by atoms with Gasteiger partial charge in [-0.1, -0.05) is 4.49 Å². The molecule has 0 radical (unpaired) electrons. The molecule has 0 atom stereocenters. The maximum atomic E-state index is 11.9. The molecule has 1 amide bonds. The normalized spacial score (nSPS) is 10.0. The molecule has 0 aliphatic rings. The molecule has 6 heteroatoms. The molecule has 0 saturated heterocycles. The lowest BCUT2D eigenvalue weighted by atomic mass is 10.2. The molecule has 0 aromatic carbocycles. The van der Waals surface area contributed by atoms with E-state index in [9.17, 15) is 4.79 Å². The molecule has 1 aromatic heterocycles. The Balaban J connectivity index is 2.73. The molecule has 0 aliphatic heterocycles. The van der Waals surface area contributed by atoms with Gasteiger partial charge in [0, 0.05) is 18.0 Å². The van der Waals surface area contributed by atoms with Crippen LogP contribution < -0.4 is 0 Å². The van der Waals surface area contributed by atoms with Crippen molar-refractivity contribution in [1.82, 2.24) is 14.5 Å². The SMILES string of the molecule is CC(C)N(CCC#N)C(=O)c1csnn1. The Morgan fingerprint density at radius 2 is 2.47 bits per heavy atom. The number of hydrogen-bond acceptors (Lipinski definition) is 5. The van der Waals surface area contributed by atoms with Gasteiger partial charge in [-0.25, -0.2) is 0 Å². The number of hydrogen-bond donors (Lipinski definition) is 0. The first kappa shape index (κ1) is 11.6. The summed E-state index contributed by atoms with van der Waals surface area (Å²) in [6, 6.07) is 2.09. The first-order chi connectivity index (χ1) is 7.16. The third-order valence-electron chi connectivity index (χ3n) is 1.93. The predicted octanol–water partition coefficient (Wildman–Crippen LogP) is 1.30. The fourth-order valence-corrected chi connectivity index (χ4v) is 1.60. The summed E-state index contributed by atoms with van der Waals surface area (Å²) in [6.45, 7) is 4.26. The predicted molar refractivity (Wildman–Crippen MR) is 56.3 cm³/mol. The minimum absolute atomic E-state index is 0.0625. The molecule has 0 saturated carbocycles. The van der Waals surface area contributed by atoms with Gasteiger partial charge in [0.1, 0.15) is 0 Å². The second kappa shape index (κ2) is 5.41. The van der Waals surface area contributed by atoms with Crippen molar-refractivity contribution in [3.63, 3.8) is 0 Å². The highest BCUT2D eigenvalue weighted by Gasteiger charge is 2.20. The van der Waals surface area contributed by atoms with Crippen LogP contribution in [0.4, 0.5) is 0 Å². The van der Waals surface area contributed by atoms with E-state index in [2.05, 4.69) is 9.59 Å². The standard InChI is InChI=1S/C9H12N4OS/c1-7(2)13(5-3-4-10)9(14)8-6-15-12-11-8/h6-7H,3,5H2,1-2H3. The fourth-order valence-electron chi connectivity index (χ4n) is 1.17. The average Bonchev–Trinajstić information content (AvgIpc) is 2.70. The molecule has 0 fully saturated rings. The van der Waals surface area contributed by atoms with Crippen molar-refractivity contribution in [2.45, 2.75) is 26.3 Å². The van der Waals surface area contributed by atoms with Gasteiger partial charge in [-0.05, 0) is 25.4 Å². The number of amides is 1. The number of aromatic nitrogens is 2. The molecule has 1 aromatic rings. The Bertz CT molecular complexity index is 355. The second-order valence-corrected chi connectivity index (χ2v) is 3.90. The Hall–Kier alpha value is -1.48. The highest BCUT2D eigenvalue weighted by atomic mass is 32.1. The molecule has 15 heavy (non-hydrogen) atoms. The molecule has 0 aliphatic carbocycles. The lowest BCUT2D eigenvalue weighted by molar-refractivity contribution is 0.0704. The summed E-state index contributed by atoms with van der Waals surface area (Å²) in [6.07, 6.45) is 0.335. The van der Waals surface area contributed by atoms with Crippen molar-refractivity contribution < 1.29 is 4.79 Å². The average molecular weight is 224 g/mol. The van der Waals surface area contributed by atoms with E-state index in [1.807, 2.05) is 19.9 Å². The zero-order chi connectivity index (χ0) is 11.3. The van der Waals surface area contributed by atoms with Crippen molar-refractivity contribution >= 4 is 17.4 Å².